The van der Waals surface area contributed by atoms with Crippen molar-refractivity contribution < 1.29 is 4.79 Å². The Morgan fingerprint density at radius 2 is 2.29 bits per heavy atom. The Morgan fingerprint density at radius 1 is 1.57 bits per heavy atom. The lowest BCUT2D eigenvalue weighted by atomic mass is 9.75. The summed E-state index contributed by atoms with van der Waals surface area (Å²) >= 11 is 1.93. The van der Waals surface area contributed by atoms with Crippen LogP contribution in [0.25, 0.3) is 0 Å². The van der Waals surface area contributed by atoms with Gasteiger partial charge in [-0.3, -0.25) is 0 Å². The summed E-state index contributed by atoms with van der Waals surface area (Å²) in [5.74, 6) is 1.04. The highest BCUT2D eigenvalue weighted by Crippen LogP contribution is 2.46. The highest BCUT2D eigenvalue weighted by Gasteiger charge is 2.39. The Bertz CT molecular complexity index is 257. The van der Waals surface area contributed by atoms with E-state index in [1.807, 2.05) is 11.8 Å². The summed E-state index contributed by atoms with van der Waals surface area (Å²) in [6.07, 6.45) is 4.17. The minimum absolute atomic E-state index is 0.189. The van der Waals surface area contributed by atoms with Crippen LogP contribution in [0.1, 0.15) is 39.5 Å². The monoisotopic (exact) mass is 211 g/mol. The fraction of sp³-hybridized carbons (Fsp3) is 0.818. The lowest BCUT2D eigenvalue weighted by Gasteiger charge is -2.40. The zero-order valence-corrected chi connectivity index (χ0v) is 9.69. The number of nitrogens with zero attached hydrogens (tertiary/aromatic N) is 1. The standard InChI is InChI=1S/C11H17NOS/c1-10(2)8-11(9-13,4-3-6-12)5-7-14-10/h9H,3-5,7-8H2,1-2H3. The molecule has 0 saturated carbocycles. The number of carbonyl (C=O) groups is 1. The molecule has 14 heavy (non-hydrogen) atoms. The maximum Gasteiger partial charge on any atom is 0.126 e. The van der Waals surface area contributed by atoms with Gasteiger partial charge in [0.1, 0.15) is 6.29 Å². The van der Waals surface area contributed by atoms with Gasteiger partial charge in [-0.25, -0.2) is 0 Å². The molecule has 0 aromatic heterocycles. The quantitative estimate of drug-likeness (QED) is 0.674. The first kappa shape index (κ1) is 11.6. The number of hydrogen-bond donors (Lipinski definition) is 0. The molecule has 0 amide bonds. The molecule has 0 spiro atoms. The first-order valence-electron chi connectivity index (χ1n) is 5.01. The number of hydrogen-bond acceptors (Lipinski definition) is 3. The van der Waals surface area contributed by atoms with E-state index in [0.29, 0.717) is 6.42 Å². The molecule has 0 aromatic rings. The summed E-state index contributed by atoms with van der Waals surface area (Å²) in [4.78, 5) is 11.2. The third-order valence-electron chi connectivity index (χ3n) is 2.86. The molecular weight excluding hydrogens is 194 g/mol. The number of carbonyl (C=O) groups excluding carboxylic acids is 1. The predicted molar refractivity (Wildman–Crippen MR) is 59.1 cm³/mol. The van der Waals surface area contributed by atoms with Gasteiger partial charge in [-0.1, -0.05) is 13.8 Å². The summed E-state index contributed by atoms with van der Waals surface area (Å²) in [5, 5.41) is 8.57. The van der Waals surface area contributed by atoms with E-state index in [2.05, 4.69) is 19.9 Å². The first-order chi connectivity index (χ1) is 6.54. The largest absolute Gasteiger partial charge is 0.303 e. The van der Waals surface area contributed by atoms with Gasteiger partial charge >= 0.3 is 0 Å². The van der Waals surface area contributed by atoms with Crippen molar-refractivity contribution in [3.05, 3.63) is 0 Å². The summed E-state index contributed by atoms with van der Waals surface area (Å²) in [6.45, 7) is 4.36. The molecule has 1 aliphatic heterocycles. The molecule has 1 atom stereocenters. The van der Waals surface area contributed by atoms with Crippen LogP contribution in [0.2, 0.25) is 0 Å². The third kappa shape index (κ3) is 2.75. The molecule has 0 radical (unpaired) electrons. The Balaban J connectivity index is 2.69. The maximum atomic E-state index is 11.2. The predicted octanol–water partition coefficient (Wildman–Crippen LogP) is 2.78. The van der Waals surface area contributed by atoms with Gasteiger partial charge in [0.2, 0.25) is 0 Å². The van der Waals surface area contributed by atoms with Crippen molar-refractivity contribution >= 4 is 18.0 Å². The minimum atomic E-state index is -0.218. The van der Waals surface area contributed by atoms with Crippen molar-refractivity contribution in [1.29, 1.82) is 5.26 Å². The van der Waals surface area contributed by atoms with E-state index < -0.39 is 0 Å². The summed E-state index contributed by atoms with van der Waals surface area (Å²) in [6, 6.07) is 2.14. The van der Waals surface area contributed by atoms with E-state index in [0.717, 1.165) is 31.3 Å². The van der Waals surface area contributed by atoms with E-state index in [1.54, 1.807) is 0 Å². The van der Waals surface area contributed by atoms with Crippen molar-refractivity contribution in [3.8, 4) is 6.07 Å². The smallest absolute Gasteiger partial charge is 0.126 e. The average Bonchev–Trinajstić information content (AvgIpc) is 2.13. The average molecular weight is 211 g/mol. The second-order valence-electron chi connectivity index (χ2n) is 4.67. The highest BCUT2D eigenvalue weighted by molar-refractivity contribution is 8.00. The van der Waals surface area contributed by atoms with Crippen LogP contribution in [-0.4, -0.2) is 16.8 Å². The van der Waals surface area contributed by atoms with Crippen LogP contribution < -0.4 is 0 Å². The second-order valence-corrected chi connectivity index (χ2v) is 6.48. The summed E-state index contributed by atoms with van der Waals surface area (Å²) in [7, 11) is 0. The Morgan fingerprint density at radius 3 is 2.79 bits per heavy atom. The van der Waals surface area contributed by atoms with Crippen LogP contribution in [-0.2, 0) is 4.79 Å². The van der Waals surface area contributed by atoms with Crippen LogP contribution >= 0.6 is 11.8 Å². The molecule has 3 heteroatoms. The molecule has 1 aliphatic rings. The van der Waals surface area contributed by atoms with E-state index in [9.17, 15) is 4.79 Å². The summed E-state index contributed by atoms with van der Waals surface area (Å²) in [5.41, 5.74) is -0.218. The molecule has 2 nitrogen and oxygen atoms in total. The van der Waals surface area contributed by atoms with Gasteiger partial charge in [0.15, 0.2) is 0 Å². The lowest BCUT2D eigenvalue weighted by Crippen LogP contribution is -2.37. The van der Waals surface area contributed by atoms with Crippen LogP contribution in [0.15, 0.2) is 0 Å². The zero-order valence-electron chi connectivity index (χ0n) is 8.88. The van der Waals surface area contributed by atoms with Crippen molar-refractivity contribution in [3.63, 3.8) is 0 Å². The van der Waals surface area contributed by atoms with Crippen molar-refractivity contribution in [1.82, 2.24) is 0 Å². The molecule has 1 fully saturated rings. The molecular formula is C11H17NOS. The van der Waals surface area contributed by atoms with Crippen LogP contribution in [0, 0.1) is 16.7 Å². The minimum Gasteiger partial charge on any atom is -0.303 e. The maximum absolute atomic E-state index is 11.2. The van der Waals surface area contributed by atoms with Gasteiger partial charge < -0.3 is 4.79 Å². The van der Waals surface area contributed by atoms with Crippen molar-refractivity contribution in [2.75, 3.05) is 5.75 Å². The highest BCUT2D eigenvalue weighted by atomic mass is 32.2. The number of nitriles is 1. The lowest BCUT2D eigenvalue weighted by molar-refractivity contribution is -0.117. The molecule has 1 heterocycles. The number of aldehydes is 1. The number of thioether (sulfide) groups is 1. The normalized spacial score (nSPS) is 30.6. The number of rotatable bonds is 3. The van der Waals surface area contributed by atoms with Crippen molar-refractivity contribution in [2.24, 2.45) is 5.41 Å². The Kier molecular flexibility index (Phi) is 3.60. The first-order valence-corrected chi connectivity index (χ1v) is 5.99. The molecule has 1 rings (SSSR count). The molecule has 0 aromatic carbocycles. The molecule has 78 valence electrons. The van der Waals surface area contributed by atoms with Gasteiger partial charge in [-0.2, -0.15) is 17.0 Å². The van der Waals surface area contributed by atoms with Gasteiger partial charge in [-0.15, -0.1) is 0 Å². The fourth-order valence-electron chi connectivity index (χ4n) is 2.20. The van der Waals surface area contributed by atoms with Gasteiger partial charge in [0.25, 0.3) is 0 Å². The summed E-state index contributed by atoms with van der Waals surface area (Å²) < 4.78 is 0.189. The molecule has 1 saturated heterocycles. The fourth-order valence-corrected chi connectivity index (χ4v) is 3.65. The van der Waals surface area contributed by atoms with E-state index in [-0.39, 0.29) is 10.2 Å². The molecule has 0 aliphatic carbocycles. The second kappa shape index (κ2) is 4.35. The van der Waals surface area contributed by atoms with Crippen LogP contribution in [0.4, 0.5) is 0 Å². The van der Waals surface area contributed by atoms with Crippen LogP contribution in [0.5, 0.6) is 0 Å². The zero-order chi connectivity index (χ0) is 10.7. The third-order valence-corrected chi connectivity index (χ3v) is 4.19. The van der Waals surface area contributed by atoms with Crippen molar-refractivity contribution in [2.45, 2.75) is 44.3 Å². The van der Waals surface area contributed by atoms with E-state index in [1.165, 1.54) is 0 Å². The Labute approximate surface area is 90.1 Å². The molecule has 0 N–H and O–H groups in total. The topological polar surface area (TPSA) is 40.9 Å². The van der Waals surface area contributed by atoms with Gasteiger partial charge in [0, 0.05) is 16.6 Å². The van der Waals surface area contributed by atoms with Gasteiger partial charge in [0.05, 0.1) is 6.07 Å². The SMILES string of the molecule is CC1(C)CC(C=O)(CCC#N)CCS1. The molecule has 1 unspecified atom stereocenters. The van der Waals surface area contributed by atoms with Gasteiger partial charge in [-0.05, 0) is 25.0 Å². The van der Waals surface area contributed by atoms with E-state index >= 15 is 0 Å². The van der Waals surface area contributed by atoms with E-state index in [4.69, 9.17) is 5.26 Å². The Hall–Kier alpha value is -0.490. The molecule has 0 bridgehead atoms. The van der Waals surface area contributed by atoms with Crippen LogP contribution in [0.3, 0.4) is 0 Å².